The molecule has 2 amide bonds. The van der Waals surface area contributed by atoms with Crippen LogP contribution in [0.25, 0.3) is 0 Å². The fraction of sp³-hybridized carbons (Fsp3) is 0.343. The Hall–Kier alpha value is -4.55. The van der Waals surface area contributed by atoms with E-state index >= 15 is 0 Å². The Morgan fingerprint density at radius 2 is 1.77 bits per heavy atom. The van der Waals surface area contributed by atoms with Gasteiger partial charge in [0.2, 0.25) is 5.89 Å². The third-order valence-corrected chi connectivity index (χ3v) is 8.11. The van der Waals surface area contributed by atoms with Crippen molar-refractivity contribution in [3.63, 3.8) is 0 Å². The zero-order valence-electron chi connectivity index (χ0n) is 25.8. The monoisotopic (exact) mass is 652 g/mol. The van der Waals surface area contributed by atoms with Gasteiger partial charge in [-0.1, -0.05) is 48.5 Å². The Morgan fingerprint density at radius 1 is 1.02 bits per heavy atom. The topological polar surface area (TPSA) is 108 Å². The van der Waals surface area contributed by atoms with E-state index in [0.717, 1.165) is 24.1 Å². The quantitative estimate of drug-likeness (QED) is 0.164. The van der Waals surface area contributed by atoms with Crippen LogP contribution in [0.3, 0.4) is 0 Å². The lowest BCUT2D eigenvalue weighted by Gasteiger charge is -2.26. The van der Waals surface area contributed by atoms with E-state index in [4.69, 9.17) is 4.42 Å². The molecule has 3 atom stereocenters. The van der Waals surface area contributed by atoms with Crippen LogP contribution in [0.5, 0.6) is 0 Å². The minimum Gasteiger partial charge on any atom is -0.446 e. The number of likely N-dealkylation sites (tertiary alicyclic amines) is 1. The van der Waals surface area contributed by atoms with Gasteiger partial charge >= 0.3 is 6.18 Å². The summed E-state index contributed by atoms with van der Waals surface area (Å²) in [4.78, 5) is 33.3. The Bertz CT molecular complexity index is 1680. The van der Waals surface area contributed by atoms with Crippen LogP contribution < -0.4 is 10.6 Å². The second-order valence-electron chi connectivity index (χ2n) is 11.7. The smallest absolute Gasteiger partial charge is 0.416 e. The van der Waals surface area contributed by atoms with E-state index < -0.39 is 36.5 Å². The number of halogens is 4. The van der Waals surface area contributed by atoms with Gasteiger partial charge in [-0.25, -0.2) is 9.37 Å². The Balaban J connectivity index is 1.31. The van der Waals surface area contributed by atoms with Gasteiger partial charge in [0.05, 0.1) is 23.4 Å². The van der Waals surface area contributed by atoms with Gasteiger partial charge in [-0.3, -0.25) is 9.59 Å². The predicted molar refractivity (Wildman–Crippen MR) is 166 cm³/mol. The van der Waals surface area contributed by atoms with Gasteiger partial charge in [-0.15, -0.1) is 0 Å². The van der Waals surface area contributed by atoms with E-state index in [1.807, 2.05) is 30.3 Å². The van der Waals surface area contributed by atoms with Crippen LogP contribution in [-0.2, 0) is 25.8 Å². The van der Waals surface area contributed by atoms with Crippen LogP contribution in [-0.4, -0.2) is 52.0 Å². The van der Waals surface area contributed by atoms with Crippen molar-refractivity contribution in [2.24, 2.45) is 0 Å². The number of amides is 2. The molecule has 0 bridgehead atoms. The molecule has 0 radical (unpaired) electrons. The van der Waals surface area contributed by atoms with Crippen LogP contribution in [0.2, 0.25) is 0 Å². The molecule has 1 aliphatic heterocycles. The lowest BCUT2D eigenvalue weighted by molar-refractivity contribution is -0.137. The molecule has 47 heavy (non-hydrogen) atoms. The third kappa shape index (κ3) is 8.63. The van der Waals surface area contributed by atoms with E-state index in [1.165, 1.54) is 30.5 Å². The van der Waals surface area contributed by atoms with Crippen molar-refractivity contribution in [2.45, 2.75) is 63.8 Å². The first kappa shape index (κ1) is 33.8. The number of carbonyl (C=O) groups is 2. The van der Waals surface area contributed by atoms with Crippen LogP contribution in [0.4, 0.5) is 17.6 Å². The van der Waals surface area contributed by atoms with E-state index in [9.17, 15) is 32.3 Å². The van der Waals surface area contributed by atoms with E-state index in [0.29, 0.717) is 30.1 Å². The number of hydrogen-bond donors (Lipinski definition) is 3. The van der Waals surface area contributed by atoms with Crippen LogP contribution in [0, 0.1) is 6.92 Å². The summed E-state index contributed by atoms with van der Waals surface area (Å²) in [6, 6.07) is 17.0. The summed E-state index contributed by atoms with van der Waals surface area (Å²) in [7, 11) is 0. The first-order chi connectivity index (χ1) is 22.5. The number of aryl methyl sites for hydroxylation is 1. The van der Waals surface area contributed by atoms with Gasteiger partial charge in [0.25, 0.3) is 11.8 Å². The molecule has 8 nitrogen and oxygen atoms in total. The number of oxazole rings is 1. The molecule has 1 aliphatic rings. The van der Waals surface area contributed by atoms with Gasteiger partial charge in [0.1, 0.15) is 19.0 Å². The standard InChI is InChI=1S/C35H36F4N4O4/c1-22-21-47-33(41-22)30-11-6-12-43(30)34(46)27-14-25(18-36)13-26(17-27)32(45)42-29(16-23-7-3-2-4-8-23)31(44)20-40-19-24-9-5-10-28(15-24)35(37,38)39/h2-5,7-10,13-15,17,21,29-31,40,44H,6,11-12,16,18-20H2,1H3,(H,42,45)/t29-,30?,31+/m0/s1. The van der Waals surface area contributed by atoms with Crippen molar-refractivity contribution in [1.82, 2.24) is 20.5 Å². The van der Waals surface area contributed by atoms with E-state index in [2.05, 4.69) is 15.6 Å². The maximum atomic E-state index is 14.0. The van der Waals surface area contributed by atoms with E-state index in [1.54, 1.807) is 17.9 Å². The summed E-state index contributed by atoms with van der Waals surface area (Å²) in [5.74, 6) is -0.576. The highest BCUT2D eigenvalue weighted by molar-refractivity contribution is 6.00. The number of hydrogen-bond acceptors (Lipinski definition) is 6. The lowest BCUT2D eigenvalue weighted by Crippen LogP contribution is -2.48. The average Bonchev–Trinajstić information content (AvgIpc) is 3.73. The van der Waals surface area contributed by atoms with Crippen molar-refractivity contribution in [3.8, 4) is 0 Å². The molecule has 0 spiro atoms. The number of aliphatic hydroxyl groups is 1. The highest BCUT2D eigenvalue weighted by Crippen LogP contribution is 2.33. The summed E-state index contributed by atoms with van der Waals surface area (Å²) < 4.78 is 58.9. The summed E-state index contributed by atoms with van der Waals surface area (Å²) in [5, 5.41) is 17.0. The maximum Gasteiger partial charge on any atom is 0.416 e. The first-order valence-electron chi connectivity index (χ1n) is 15.3. The van der Waals surface area contributed by atoms with Gasteiger partial charge in [-0.2, -0.15) is 13.2 Å². The predicted octanol–water partition coefficient (Wildman–Crippen LogP) is 5.94. The number of nitrogens with zero attached hydrogens (tertiary/aromatic N) is 2. The average molecular weight is 653 g/mol. The largest absolute Gasteiger partial charge is 0.446 e. The molecular formula is C35H36F4N4O4. The zero-order valence-corrected chi connectivity index (χ0v) is 25.8. The molecule has 1 aromatic heterocycles. The number of alkyl halides is 4. The van der Waals surface area contributed by atoms with E-state index in [-0.39, 0.29) is 48.1 Å². The minimum absolute atomic E-state index is 0.0427. The molecule has 1 saturated heterocycles. The molecule has 1 unspecified atom stereocenters. The van der Waals surface area contributed by atoms with Gasteiger partial charge in [0.15, 0.2) is 0 Å². The van der Waals surface area contributed by atoms with Gasteiger partial charge in [-0.05, 0) is 67.1 Å². The molecule has 3 aromatic carbocycles. The number of aromatic nitrogens is 1. The van der Waals surface area contributed by atoms with Crippen LogP contribution in [0.15, 0.2) is 83.5 Å². The molecule has 3 N–H and O–H groups in total. The first-order valence-corrected chi connectivity index (χ1v) is 15.3. The molecule has 248 valence electrons. The fourth-order valence-electron chi connectivity index (χ4n) is 5.75. The van der Waals surface area contributed by atoms with Crippen molar-refractivity contribution in [3.05, 3.63) is 124 Å². The number of aliphatic hydroxyl groups excluding tert-OH is 1. The summed E-state index contributed by atoms with van der Waals surface area (Å²) in [6.45, 7) is 1.35. The third-order valence-electron chi connectivity index (χ3n) is 8.11. The van der Waals surface area contributed by atoms with Crippen molar-refractivity contribution < 1.29 is 36.7 Å². The highest BCUT2D eigenvalue weighted by Gasteiger charge is 2.34. The zero-order chi connectivity index (χ0) is 33.6. The summed E-state index contributed by atoms with van der Waals surface area (Å²) >= 11 is 0. The van der Waals surface area contributed by atoms with Crippen molar-refractivity contribution in [1.29, 1.82) is 0 Å². The number of nitrogens with one attached hydrogen (secondary N) is 2. The van der Waals surface area contributed by atoms with Crippen LogP contribution >= 0.6 is 0 Å². The fourth-order valence-corrected chi connectivity index (χ4v) is 5.75. The molecule has 1 fully saturated rings. The summed E-state index contributed by atoms with van der Waals surface area (Å²) in [5.41, 5.74) is 1.46. The molecule has 4 aromatic rings. The minimum atomic E-state index is -4.48. The molecule has 2 heterocycles. The second kappa shape index (κ2) is 14.9. The number of rotatable bonds is 12. The second-order valence-corrected chi connectivity index (χ2v) is 11.7. The molecule has 12 heteroatoms. The number of benzene rings is 3. The summed E-state index contributed by atoms with van der Waals surface area (Å²) in [6.07, 6.45) is -2.49. The molecule has 0 aliphatic carbocycles. The van der Waals surface area contributed by atoms with Gasteiger partial charge < -0.3 is 25.1 Å². The van der Waals surface area contributed by atoms with Crippen molar-refractivity contribution >= 4 is 11.8 Å². The Labute approximate surface area is 269 Å². The highest BCUT2D eigenvalue weighted by atomic mass is 19.4. The molecular weight excluding hydrogens is 616 g/mol. The Kier molecular flexibility index (Phi) is 10.7. The Morgan fingerprint density at radius 3 is 2.47 bits per heavy atom. The normalized spacial score (nSPS) is 16.2. The number of carbonyl (C=O) groups excluding carboxylic acids is 2. The maximum absolute atomic E-state index is 14.0. The van der Waals surface area contributed by atoms with Gasteiger partial charge in [0, 0.05) is 30.8 Å². The molecule has 5 rings (SSSR count). The van der Waals surface area contributed by atoms with Crippen molar-refractivity contribution in [2.75, 3.05) is 13.1 Å². The molecule has 0 saturated carbocycles. The lowest BCUT2D eigenvalue weighted by atomic mass is 9.99. The van der Waals surface area contributed by atoms with Crippen LogP contribution in [0.1, 0.15) is 73.4 Å². The SMILES string of the molecule is Cc1coc(C2CCCN2C(=O)c2cc(CF)cc(C(=O)N[C@@H](Cc3ccccc3)[C@H](O)CNCc3cccc(C(F)(F)F)c3)c2)n1.